The van der Waals surface area contributed by atoms with E-state index in [0.717, 1.165) is 19.3 Å². The number of amides is 1. The number of fused-ring (bicyclic) bond motifs is 3. The Kier molecular flexibility index (Phi) is 3.57. The molecule has 2 atom stereocenters. The summed E-state index contributed by atoms with van der Waals surface area (Å²) in [5.41, 5.74) is 4.82. The number of carbonyl (C=O) groups is 1. The minimum absolute atomic E-state index is 0.0573. The Labute approximate surface area is 153 Å². The quantitative estimate of drug-likeness (QED) is 0.885. The standard InChI is InChI=1S/C22H23NO3/c24-20-12-19(22(20)10-5-11-22)23-21(25)26-13-18-16-8-3-1-6-14(16)15-7-2-4-9-17(15)18/h1-4,6-9,18-20,24H,5,10-13H2,(H,23,25). The van der Waals surface area contributed by atoms with Gasteiger partial charge in [-0.2, -0.15) is 0 Å². The number of hydrogen-bond acceptors (Lipinski definition) is 3. The molecule has 4 nitrogen and oxygen atoms in total. The maximum absolute atomic E-state index is 12.3. The van der Waals surface area contributed by atoms with E-state index in [1.54, 1.807) is 0 Å². The average Bonchev–Trinajstić information content (AvgIpc) is 2.92. The summed E-state index contributed by atoms with van der Waals surface area (Å²) < 4.78 is 5.61. The average molecular weight is 349 g/mol. The van der Waals surface area contributed by atoms with E-state index in [2.05, 4.69) is 29.6 Å². The van der Waals surface area contributed by atoms with Crippen molar-refractivity contribution in [2.75, 3.05) is 6.61 Å². The van der Waals surface area contributed by atoms with Crippen LogP contribution in [0.2, 0.25) is 0 Å². The fourth-order valence-corrected chi connectivity index (χ4v) is 5.02. The van der Waals surface area contributed by atoms with Gasteiger partial charge in [0, 0.05) is 17.4 Å². The molecule has 1 spiro atoms. The zero-order chi connectivity index (χ0) is 17.7. The summed E-state index contributed by atoms with van der Waals surface area (Å²) >= 11 is 0. The monoisotopic (exact) mass is 349 g/mol. The highest BCUT2D eigenvalue weighted by Gasteiger charge is 2.58. The second-order valence-electron chi connectivity index (χ2n) is 7.86. The van der Waals surface area contributed by atoms with E-state index < -0.39 is 0 Å². The van der Waals surface area contributed by atoms with Gasteiger partial charge in [-0.25, -0.2) is 4.79 Å². The van der Waals surface area contributed by atoms with E-state index in [1.165, 1.54) is 22.3 Å². The second-order valence-corrected chi connectivity index (χ2v) is 7.86. The molecule has 0 aliphatic heterocycles. The third-order valence-electron chi connectivity index (χ3n) is 6.74. The van der Waals surface area contributed by atoms with Crippen molar-refractivity contribution in [3.8, 4) is 11.1 Å². The lowest BCUT2D eigenvalue weighted by Crippen LogP contribution is -2.67. The van der Waals surface area contributed by atoms with Gasteiger partial charge in [-0.05, 0) is 41.5 Å². The number of hydrogen-bond donors (Lipinski definition) is 2. The van der Waals surface area contributed by atoms with Crippen LogP contribution in [-0.4, -0.2) is 30.0 Å². The number of nitrogens with one attached hydrogen (secondary N) is 1. The molecule has 26 heavy (non-hydrogen) atoms. The Bertz CT molecular complexity index is 812. The van der Waals surface area contributed by atoms with Crippen molar-refractivity contribution in [1.29, 1.82) is 0 Å². The van der Waals surface area contributed by atoms with Crippen LogP contribution in [0.4, 0.5) is 4.79 Å². The first-order valence-electron chi connectivity index (χ1n) is 9.49. The highest BCUT2D eigenvalue weighted by Crippen LogP contribution is 2.56. The number of rotatable bonds is 3. The number of aliphatic hydroxyl groups is 1. The van der Waals surface area contributed by atoms with Crippen molar-refractivity contribution in [2.24, 2.45) is 5.41 Å². The summed E-state index contributed by atoms with van der Waals surface area (Å²) in [6.07, 6.45) is 3.15. The number of carbonyl (C=O) groups excluding carboxylic acids is 1. The molecule has 3 aliphatic rings. The smallest absolute Gasteiger partial charge is 0.407 e. The zero-order valence-electron chi connectivity index (χ0n) is 14.7. The topological polar surface area (TPSA) is 58.6 Å². The minimum atomic E-state index is -0.366. The SMILES string of the molecule is O=C(NC1CC(O)C12CCC2)OCC1c2ccccc2-c2ccccc21. The molecule has 0 heterocycles. The summed E-state index contributed by atoms with van der Waals surface area (Å²) in [5.74, 6) is 0.0813. The first-order chi connectivity index (χ1) is 12.7. The van der Waals surface area contributed by atoms with Gasteiger partial charge in [-0.3, -0.25) is 0 Å². The Morgan fingerprint density at radius 3 is 2.23 bits per heavy atom. The molecule has 2 N–H and O–H groups in total. The Balaban J connectivity index is 1.28. The molecule has 2 unspecified atom stereocenters. The molecule has 134 valence electrons. The molecule has 2 saturated carbocycles. The van der Waals surface area contributed by atoms with Crippen LogP contribution in [0.25, 0.3) is 11.1 Å². The maximum Gasteiger partial charge on any atom is 0.407 e. The van der Waals surface area contributed by atoms with E-state index >= 15 is 0 Å². The van der Waals surface area contributed by atoms with Crippen LogP contribution in [0, 0.1) is 5.41 Å². The highest BCUT2D eigenvalue weighted by atomic mass is 16.5. The Morgan fingerprint density at radius 1 is 1.08 bits per heavy atom. The van der Waals surface area contributed by atoms with Gasteiger partial charge in [0.05, 0.1) is 6.10 Å². The third-order valence-corrected chi connectivity index (χ3v) is 6.74. The van der Waals surface area contributed by atoms with Crippen molar-refractivity contribution >= 4 is 6.09 Å². The van der Waals surface area contributed by atoms with Gasteiger partial charge >= 0.3 is 6.09 Å². The molecule has 2 aromatic carbocycles. The van der Waals surface area contributed by atoms with Gasteiger partial charge in [0.2, 0.25) is 0 Å². The molecular formula is C22H23NO3. The maximum atomic E-state index is 12.3. The summed E-state index contributed by atoms with van der Waals surface area (Å²) in [5, 5.41) is 13.0. The molecular weight excluding hydrogens is 326 g/mol. The lowest BCUT2D eigenvalue weighted by Gasteiger charge is -2.59. The van der Waals surface area contributed by atoms with Crippen LogP contribution in [0.15, 0.2) is 48.5 Å². The first-order valence-corrected chi connectivity index (χ1v) is 9.49. The summed E-state index contributed by atoms with van der Waals surface area (Å²) in [7, 11) is 0. The van der Waals surface area contributed by atoms with Crippen LogP contribution in [0.3, 0.4) is 0 Å². The predicted molar refractivity (Wildman–Crippen MR) is 98.9 cm³/mol. The van der Waals surface area contributed by atoms with E-state index in [4.69, 9.17) is 4.74 Å². The highest BCUT2D eigenvalue weighted by molar-refractivity contribution is 5.79. The van der Waals surface area contributed by atoms with Crippen molar-refractivity contribution in [3.63, 3.8) is 0 Å². The third kappa shape index (κ3) is 2.21. The molecule has 0 radical (unpaired) electrons. The molecule has 0 bridgehead atoms. The molecule has 0 aromatic heterocycles. The first kappa shape index (κ1) is 15.9. The van der Waals surface area contributed by atoms with Gasteiger partial charge in [0.1, 0.15) is 6.61 Å². The second kappa shape index (κ2) is 5.85. The molecule has 1 amide bonds. The summed E-state index contributed by atoms with van der Waals surface area (Å²) in [6.45, 7) is 0.335. The van der Waals surface area contributed by atoms with Gasteiger partial charge < -0.3 is 15.2 Å². The van der Waals surface area contributed by atoms with E-state index in [9.17, 15) is 9.90 Å². The molecule has 3 aliphatic carbocycles. The van der Waals surface area contributed by atoms with Crippen LogP contribution in [0.1, 0.15) is 42.7 Å². The van der Waals surface area contributed by atoms with Gasteiger partial charge in [0.15, 0.2) is 0 Å². The van der Waals surface area contributed by atoms with Gasteiger partial charge in [-0.1, -0.05) is 55.0 Å². The summed E-state index contributed by atoms with van der Waals surface area (Å²) in [6, 6.07) is 16.7. The van der Waals surface area contributed by atoms with Crippen LogP contribution < -0.4 is 5.32 Å². The molecule has 0 saturated heterocycles. The fraction of sp³-hybridized carbons (Fsp3) is 0.409. The number of ether oxygens (including phenoxy) is 1. The molecule has 4 heteroatoms. The van der Waals surface area contributed by atoms with E-state index in [-0.39, 0.29) is 29.6 Å². The number of alkyl carbamates (subject to hydrolysis) is 1. The van der Waals surface area contributed by atoms with Gasteiger partial charge in [0.25, 0.3) is 0 Å². The predicted octanol–water partition coefficient (Wildman–Crippen LogP) is 3.83. The normalized spacial score (nSPS) is 25.0. The Morgan fingerprint density at radius 2 is 1.69 bits per heavy atom. The fourth-order valence-electron chi connectivity index (χ4n) is 5.02. The molecule has 5 rings (SSSR count). The number of aliphatic hydroxyl groups excluding tert-OH is 1. The lowest BCUT2D eigenvalue weighted by atomic mass is 9.51. The van der Waals surface area contributed by atoms with Crippen LogP contribution >= 0.6 is 0 Å². The van der Waals surface area contributed by atoms with Crippen molar-refractivity contribution in [1.82, 2.24) is 5.32 Å². The summed E-state index contributed by atoms with van der Waals surface area (Å²) in [4.78, 5) is 12.3. The van der Waals surface area contributed by atoms with Crippen LogP contribution in [-0.2, 0) is 4.74 Å². The van der Waals surface area contributed by atoms with E-state index in [0.29, 0.717) is 13.0 Å². The Hall–Kier alpha value is -2.33. The van der Waals surface area contributed by atoms with Crippen LogP contribution in [0.5, 0.6) is 0 Å². The zero-order valence-corrected chi connectivity index (χ0v) is 14.7. The van der Waals surface area contributed by atoms with E-state index in [1.807, 2.05) is 24.3 Å². The van der Waals surface area contributed by atoms with Crippen molar-refractivity contribution in [3.05, 3.63) is 59.7 Å². The van der Waals surface area contributed by atoms with Gasteiger partial charge in [-0.15, -0.1) is 0 Å². The van der Waals surface area contributed by atoms with Crippen molar-refractivity contribution in [2.45, 2.75) is 43.7 Å². The largest absolute Gasteiger partial charge is 0.449 e. The molecule has 2 aromatic rings. The minimum Gasteiger partial charge on any atom is -0.449 e. The lowest BCUT2D eigenvalue weighted by molar-refractivity contribution is -0.142. The molecule has 2 fully saturated rings. The van der Waals surface area contributed by atoms with Crippen molar-refractivity contribution < 1.29 is 14.6 Å². The number of benzene rings is 2.